The number of fused-ring (bicyclic) bond motifs is 1. The lowest BCUT2D eigenvalue weighted by Gasteiger charge is -2.16. The van der Waals surface area contributed by atoms with Gasteiger partial charge in [0.2, 0.25) is 5.13 Å². The first kappa shape index (κ1) is 15.5. The summed E-state index contributed by atoms with van der Waals surface area (Å²) in [7, 11) is 0. The lowest BCUT2D eigenvalue weighted by Crippen LogP contribution is -2.19. The summed E-state index contributed by atoms with van der Waals surface area (Å²) in [6.07, 6.45) is 9.40. The zero-order chi connectivity index (χ0) is 17.5. The van der Waals surface area contributed by atoms with Crippen molar-refractivity contribution < 1.29 is 0 Å². The van der Waals surface area contributed by atoms with Crippen molar-refractivity contribution in [3.63, 3.8) is 0 Å². The molecule has 1 aromatic carbocycles. The SMILES string of the molecule is Nc1nnc(-c2ccc3c(c2)C(c2cnc(N4CCCC4)cn2)=CC3)s1. The third-order valence-electron chi connectivity index (χ3n) is 4.96. The zero-order valence-electron chi connectivity index (χ0n) is 14.2. The average Bonchev–Trinajstić information content (AvgIpc) is 3.42. The van der Waals surface area contributed by atoms with Crippen LogP contribution in [0.4, 0.5) is 10.9 Å². The highest BCUT2D eigenvalue weighted by atomic mass is 32.1. The molecule has 3 aromatic rings. The monoisotopic (exact) mass is 362 g/mol. The minimum absolute atomic E-state index is 0.486. The van der Waals surface area contributed by atoms with Crippen LogP contribution in [0, 0.1) is 0 Å². The molecule has 0 spiro atoms. The van der Waals surface area contributed by atoms with Gasteiger partial charge in [-0.05, 0) is 36.5 Å². The number of rotatable bonds is 3. The van der Waals surface area contributed by atoms with E-state index in [2.05, 4.69) is 44.4 Å². The van der Waals surface area contributed by atoms with Crippen LogP contribution in [0.1, 0.15) is 29.7 Å². The van der Waals surface area contributed by atoms with Gasteiger partial charge in [-0.1, -0.05) is 29.5 Å². The van der Waals surface area contributed by atoms with Gasteiger partial charge >= 0.3 is 0 Å². The summed E-state index contributed by atoms with van der Waals surface area (Å²) in [5.41, 5.74) is 11.3. The summed E-state index contributed by atoms with van der Waals surface area (Å²) < 4.78 is 0. The highest BCUT2D eigenvalue weighted by Gasteiger charge is 2.20. The first-order valence-electron chi connectivity index (χ1n) is 8.78. The van der Waals surface area contributed by atoms with Crippen LogP contribution < -0.4 is 10.6 Å². The molecule has 2 aromatic heterocycles. The molecule has 1 saturated heterocycles. The molecule has 0 saturated carbocycles. The maximum Gasteiger partial charge on any atom is 0.203 e. The lowest BCUT2D eigenvalue weighted by molar-refractivity contribution is 0.924. The van der Waals surface area contributed by atoms with Crippen LogP contribution in [-0.2, 0) is 6.42 Å². The molecule has 3 heterocycles. The second-order valence-electron chi connectivity index (χ2n) is 6.59. The molecule has 0 amide bonds. The maximum absolute atomic E-state index is 5.72. The van der Waals surface area contributed by atoms with E-state index < -0.39 is 0 Å². The number of allylic oxidation sites excluding steroid dienone is 1. The van der Waals surface area contributed by atoms with Crippen LogP contribution in [0.5, 0.6) is 0 Å². The molecular formula is C19H18N6S. The Hall–Kier alpha value is -2.80. The van der Waals surface area contributed by atoms with E-state index in [1.165, 1.54) is 35.3 Å². The molecule has 2 N–H and O–H groups in total. The molecule has 0 bridgehead atoms. The molecule has 130 valence electrons. The van der Waals surface area contributed by atoms with Crippen molar-refractivity contribution in [2.75, 3.05) is 23.7 Å². The fourth-order valence-corrected chi connectivity index (χ4v) is 4.23. The average molecular weight is 362 g/mol. The molecule has 0 unspecified atom stereocenters. The predicted molar refractivity (Wildman–Crippen MR) is 104 cm³/mol. The van der Waals surface area contributed by atoms with Gasteiger partial charge in [0, 0.05) is 24.2 Å². The lowest BCUT2D eigenvalue weighted by atomic mass is 10.0. The Morgan fingerprint density at radius 2 is 1.92 bits per heavy atom. The fourth-order valence-electron chi connectivity index (χ4n) is 3.62. The number of benzene rings is 1. The van der Waals surface area contributed by atoms with Crippen molar-refractivity contribution in [3.8, 4) is 10.6 Å². The summed E-state index contributed by atoms with van der Waals surface area (Å²) in [4.78, 5) is 11.6. The topological polar surface area (TPSA) is 80.8 Å². The molecular weight excluding hydrogens is 344 g/mol. The van der Waals surface area contributed by atoms with E-state index in [1.807, 2.05) is 12.4 Å². The summed E-state index contributed by atoms with van der Waals surface area (Å²) >= 11 is 1.40. The van der Waals surface area contributed by atoms with Crippen LogP contribution in [0.15, 0.2) is 36.7 Å². The Labute approximate surface area is 155 Å². The van der Waals surface area contributed by atoms with Crippen molar-refractivity contribution in [3.05, 3.63) is 53.5 Å². The van der Waals surface area contributed by atoms with Gasteiger partial charge in [-0.25, -0.2) is 4.98 Å². The van der Waals surface area contributed by atoms with Crippen LogP contribution in [-0.4, -0.2) is 33.3 Å². The van der Waals surface area contributed by atoms with Crippen LogP contribution in [0.3, 0.4) is 0 Å². The number of hydrogen-bond donors (Lipinski definition) is 1. The van der Waals surface area contributed by atoms with Gasteiger partial charge in [0.15, 0.2) is 0 Å². The number of nitrogens with two attached hydrogens (primary N) is 1. The maximum atomic E-state index is 5.72. The molecule has 0 atom stereocenters. The van der Waals surface area contributed by atoms with Crippen molar-refractivity contribution in [2.45, 2.75) is 19.3 Å². The largest absolute Gasteiger partial charge is 0.374 e. The zero-order valence-corrected chi connectivity index (χ0v) is 15.0. The summed E-state index contributed by atoms with van der Waals surface area (Å²) in [5, 5.41) is 9.40. The van der Waals surface area contributed by atoms with Gasteiger partial charge in [0.1, 0.15) is 10.8 Å². The van der Waals surface area contributed by atoms with E-state index in [9.17, 15) is 0 Å². The molecule has 6 nitrogen and oxygen atoms in total. The summed E-state index contributed by atoms with van der Waals surface area (Å²) in [6.45, 7) is 2.15. The van der Waals surface area contributed by atoms with E-state index in [-0.39, 0.29) is 0 Å². The molecule has 1 aliphatic carbocycles. The number of aromatic nitrogens is 4. The van der Waals surface area contributed by atoms with Gasteiger partial charge in [-0.15, -0.1) is 10.2 Å². The number of nitrogens with zero attached hydrogens (tertiary/aromatic N) is 5. The highest BCUT2D eigenvalue weighted by molar-refractivity contribution is 7.18. The minimum atomic E-state index is 0.486. The Morgan fingerprint density at radius 1 is 1.04 bits per heavy atom. The minimum Gasteiger partial charge on any atom is -0.374 e. The predicted octanol–water partition coefficient (Wildman–Crippen LogP) is 3.17. The quantitative estimate of drug-likeness (QED) is 0.771. The second-order valence-corrected chi connectivity index (χ2v) is 7.60. The van der Waals surface area contributed by atoms with Gasteiger partial charge in [0.05, 0.1) is 18.1 Å². The molecule has 7 heteroatoms. The number of hydrogen-bond acceptors (Lipinski definition) is 7. The molecule has 0 radical (unpaired) electrons. The fraction of sp³-hybridized carbons (Fsp3) is 0.263. The third-order valence-corrected chi connectivity index (χ3v) is 5.76. The Balaban J connectivity index is 1.47. The van der Waals surface area contributed by atoms with Gasteiger partial charge < -0.3 is 10.6 Å². The van der Waals surface area contributed by atoms with Gasteiger partial charge in [-0.3, -0.25) is 4.98 Å². The van der Waals surface area contributed by atoms with Crippen molar-refractivity contribution in [1.82, 2.24) is 20.2 Å². The normalized spacial score (nSPS) is 16.0. The number of anilines is 2. The molecule has 1 aliphatic heterocycles. The highest BCUT2D eigenvalue weighted by Crippen LogP contribution is 2.36. The molecule has 5 rings (SSSR count). The van der Waals surface area contributed by atoms with Crippen LogP contribution >= 0.6 is 11.3 Å². The van der Waals surface area contributed by atoms with E-state index in [1.54, 1.807) is 0 Å². The van der Waals surface area contributed by atoms with Gasteiger partial charge in [0.25, 0.3) is 0 Å². The number of nitrogen functional groups attached to an aromatic ring is 1. The third kappa shape index (κ3) is 2.64. The Bertz CT molecular complexity index is 986. The first-order valence-corrected chi connectivity index (χ1v) is 9.60. The second kappa shape index (κ2) is 6.17. The van der Waals surface area contributed by atoms with Crippen LogP contribution in [0.25, 0.3) is 16.1 Å². The Morgan fingerprint density at radius 3 is 2.65 bits per heavy atom. The Kier molecular flexibility index (Phi) is 3.67. The van der Waals surface area contributed by atoms with E-state index in [0.717, 1.165) is 47.2 Å². The smallest absolute Gasteiger partial charge is 0.203 e. The van der Waals surface area contributed by atoms with Gasteiger partial charge in [-0.2, -0.15) is 0 Å². The van der Waals surface area contributed by atoms with Crippen LogP contribution in [0.2, 0.25) is 0 Å². The molecule has 26 heavy (non-hydrogen) atoms. The van der Waals surface area contributed by atoms with E-state index in [4.69, 9.17) is 10.7 Å². The molecule has 1 fully saturated rings. The summed E-state index contributed by atoms with van der Waals surface area (Å²) in [5.74, 6) is 0.975. The van der Waals surface area contributed by atoms with Crippen molar-refractivity contribution in [1.29, 1.82) is 0 Å². The molecule has 2 aliphatic rings. The van der Waals surface area contributed by atoms with Crippen molar-refractivity contribution >= 4 is 27.9 Å². The van der Waals surface area contributed by atoms with E-state index in [0.29, 0.717) is 5.13 Å². The standard InChI is InChI=1S/C19H18N6S/c20-19-24-23-18(26-19)13-4-3-12-5-6-14(15(12)9-13)16-10-22-17(11-21-16)25-7-1-2-8-25/h3-4,6,9-11H,1-2,5,7-8H2,(H2,20,24). The summed E-state index contributed by atoms with van der Waals surface area (Å²) in [6, 6.07) is 6.39. The first-order chi connectivity index (χ1) is 12.8. The van der Waals surface area contributed by atoms with Crippen molar-refractivity contribution in [2.24, 2.45) is 0 Å². The van der Waals surface area contributed by atoms with E-state index >= 15 is 0 Å².